The second-order valence-electron chi connectivity index (χ2n) is 3.80. The molecule has 0 spiro atoms. The van der Waals surface area contributed by atoms with Gasteiger partial charge in [0.05, 0.1) is 6.54 Å². The van der Waals surface area contributed by atoms with Crippen LogP contribution in [-0.4, -0.2) is 35.1 Å². The molecule has 0 aromatic carbocycles. The van der Waals surface area contributed by atoms with Crippen LogP contribution in [0.3, 0.4) is 0 Å². The van der Waals surface area contributed by atoms with Gasteiger partial charge in [-0.3, -0.25) is 9.69 Å². The van der Waals surface area contributed by atoms with E-state index in [9.17, 15) is 4.79 Å². The first-order valence-corrected chi connectivity index (χ1v) is 5.20. The van der Waals surface area contributed by atoms with E-state index in [1.807, 2.05) is 0 Å². The Hall–Kier alpha value is -0.570. The average Bonchev–Trinajstić information content (AvgIpc) is 2.08. The number of rotatable bonds is 4. The maximum absolute atomic E-state index is 10.6. The van der Waals surface area contributed by atoms with E-state index in [4.69, 9.17) is 5.11 Å². The summed E-state index contributed by atoms with van der Waals surface area (Å²) in [5.74, 6) is -0.692. The highest BCUT2D eigenvalue weighted by Gasteiger charge is 2.22. The molecule has 1 N–H and O–H groups in total. The van der Waals surface area contributed by atoms with E-state index < -0.39 is 5.97 Å². The van der Waals surface area contributed by atoms with Gasteiger partial charge in [0.2, 0.25) is 0 Å². The van der Waals surface area contributed by atoms with Gasteiger partial charge in [0.25, 0.3) is 0 Å². The fourth-order valence-corrected chi connectivity index (χ4v) is 2.10. The molecule has 1 atom stereocenters. The average molecular weight is 185 g/mol. The Bertz CT molecular complexity index is 168. The monoisotopic (exact) mass is 185 g/mol. The third kappa shape index (κ3) is 3.35. The first kappa shape index (κ1) is 10.5. The number of carboxylic acids is 1. The van der Waals surface area contributed by atoms with Crippen molar-refractivity contribution in [2.24, 2.45) is 0 Å². The van der Waals surface area contributed by atoms with Gasteiger partial charge in [-0.05, 0) is 25.8 Å². The molecule has 13 heavy (non-hydrogen) atoms. The lowest BCUT2D eigenvalue weighted by Crippen LogP contribution is -2.42. The van der Waals surface area contributed by atoms with Crippen molar-refractivity contribution >= 4 is 5.97 Å². The van der Waals surface area contributed by atoms with Crippen LogP contribution in [0.25, 0.3) is 0 Å². The lowest BCUT2D eigenvalue weighted by Gasteiger charge is -2.34. The van der Waals surface area contributed by atoms with E-state index in [0.717, 1.165) is 25.8 Å². The van der Waals surface area contributed by atoms with Crippen molar-refractivity contribution in [1.29, 1.82) is 0 Å². The van der Waals surface area contributed by atoms with Gasteiger partial charge in [-0.25, -0.2) is 0 Å². The van der Waals surface area contributed by atoms with Crippen LogP contribution < -0.4 is 0 Å². The molecule has 0 saturated carbocycles. The van der Waals surface area contributed by atoms with Gasteiger partial charge in [0.15, 0.2) is 0 Å². The summed E-state index contributed by atoms with van der Waals surface area (Å²) in [6, 6.07) is 0.523. The lowest BCUT2D eigenvalue weighted by molar-refractivity contribution is -0.139. The summed E-state index contributed by atoms with van der Waals surface area (Å²) in [7, 11) is 0. The quantitative estimate of drug-likeness (QED) is 0.725. The summed E-state index contributed by atoms with van der Waals surface area (Å²) in [5.41, 5.74) is 0. The summed E-state index contributed by atoms with van der Waals surface area (Å²) in [6.07, 6.45) is 5.91. The summed E-state index contributed by atoms with van der Waals surface area (Å²) in [5, 5.41) is 8.71. The minimum atomic E-state index is -0.692. The highest BCUT2D eigenvalue weighted by molar-refractivity contribution is 5.69. The zero-order valence-corrected chi connectivity index (χ0v) is 8.33. The van der Waals surface area contributed by atoms with E-state index in [0.29, 0.717) is 6.04 Å². The molecule has 1 heterocycles. The second kappa shape index (κ2) is 5.22. The summed E-state index contributed by atoms with van der Waals surface area (Å²) >= 11 is 0. The van der Waals surface area contributed by atoms with Crippen LogP contribution in [-0.2, 0) is 4.79 Å². The number of carbonyl (C=O) groups is 1. The summed E-state index contributed by atoms with van der Waals surface area (Å²) in [4.78, 5) is 12.7. The SMILES string of the molecule is CCCC1CCCCN1CC(=O)O. The Labute approximate surface area is 79.7 Å². The molecule has 3 nitrogen and oxygen atoms in total. The van der Waals surface area contributed by atoms with Crippen LogP contribution in [0.2, 0.25) is 0 Å². The third-order valence-corrected chi connectivity index (χ3v) is 2.71. The van der Waals surface area contributed by atoms with E-state index in [-0.39, 0.29) is 6.54 Å². The smallest absolute Gasteiger partial charge is 0.317 e. The fraction of sp³-hybridized carbons (Fsp3) is 0.900. The standard InChI is InChI=1S/C10H19NO2/c1-2-5-9-6-3-4-7-11(9)8-10(12)13/h9H,2-8H2,1H3,(H,12,13). The van der Waals surface area contributed by atoms with Gasteiger partial charge >= 0.3 is 5.97 Å². The van der Waals surface area contributed by atoms with Crippen molar-refractivity contribution in [3.05, 3.63) is 0 Å². The van der Waals surface area contributed by atoms with E-state index in [2.05, 4.69) is 11.8 Å². The van der Waals surface area contributed by atoms with E-state index >= 15 is 0 Å². The van der Waals surface area contributed by atoms with Crippen molar-refractivity contribution in [3.63, 3.8) is 0 Å². The zero-order chi connectivity index (χ0) is 9.68. The number of hydrogen-bond donors (Lipinski definition) is 1. The maximum atomic E-state index is 10.6. The van der Waals surface area contributed by atoms with Gasteiger partial charge in [-0.1, -0.05) is 19.8 Å². The van der Waals surface area contributed by atoms with Crippen molar-refractivity contribution < 1.29 is 9.90 Å². The molecule has 76 valence electrons. The summed E-state index contributed by atoms with van der Waals surface area (Å²) in [6.45, 7) is 3.36. The minimum absolute atomic E-state index is 0.227. The Balaban J connectivity index is 2.41. The molecule has 0 amide bonds. The molecule has 1 aliphatic heterocycles. The third-order valence-electron chi connectivity index (χ3n) is 2.71. The topological polar surface area (TPSA) is 40.5 Å². The molecular weight excluding hydrogens is 166 g/mol. The van der Waals surface area contributed by atoms with Gasteiger partial charge < -0.3 is 5.11 Å². The molecule has 1 fully saturated rings. The van der Waals surface area contributed by atoms with Crippen molar-refractivity contribution in [3.8, 4) is 0 Å². The van der Waals surface area contributed by atoms with Gasteiger partial charge in [-0.2, -0.15) is 0 Å². The predicted octanol–water partition coefficient (Wildman–Crippen LogP) is 1.73. The number of likely N-dealkylation sites (tertiary alicyclic amines) is 1. The summed E-state index contributed by atoms with van der Waals surface area (Å²) < 4.78 is 0. The van der Waals surface area contributed by atoms with Gasteiger partial charge in [0.1, 0.15) is 0 Å². The number of piperidine rings is 1. The number of aliphatic carboxylic acids is 1. The fourth-order valence-electron chi connectivity index (χ4n) is 2.10. The first-order valence-electron chi connectivity index (χ1n) is 5.20. The molecule has 3 heteroatoms. The van der Waals surface area contributed by atoms with Crippen molar-refractivity contribution in [2.45, 2.75) is 45.1 Å². The molecule has 0 radical (unpaired) electrons. The molecule has 0 bridgehead atoms. The molecule has 1 saturated heterocycles. The van der Waals surface area contributed by atoms with Crippen LogP contribution in [0.4, 0.5) is 0 Å². The van der Waals surface area contributed by atoms with E-state index in [1.54, 1.807) is 0 Å². The molecule has 1 aliphatic rings. The van der Waals surface area contributed by atoms with E-state index in [1.165, 1.54) is 12.8 Å². The maximum Gasteiger partial charge on any atom is 0.317 e. The van der Waals surface area contributed by atoms with Crippen molar-refractivity contribution in [1.82, 2.24) is 4.90 Å². The molecule has 0 aliphatic carbocycles. The van der Waals surface area contributed by atoms with Crippen LogP contribution in [0, 0.1) is 0 Å². The van der Waals surface area contributed by atoms with Gasteiger partial charge in [-0.15, -0.1) is 0 Å². The Morgan fingerprint density at radius 3 is 2.92 bits per heavy atom. The second-order valence-corrected chi connectivity index (χ2v) is 3.80. The van der Waals surface area contributed by atoms with Crippen LogP contribution in [0.1, 0.15) is 39.0 Å². The van der Waals surface area contributed by atoms with Crippen molar-refractivity contribution in [2.75, 3.05) is 13.1 Å². The van der Waals surface area contributed by atoms with Crippen LogP contribution in [0.15, 0.2) is 0 Å². The first-order chi connectivity index (χ1) is 6.24. The predicted molar refractivity (Wildman–Crippen MR) is 51.8 cm³/mol. The highest BCUT2D eigenvalue weighted by atomic mass is 16.4. The van der Waals surface area contributed by atoms with Crippen LogP contribution in [0.5, 0.6) is 0 Å². The normalized spacial score (nSPS) is 24.5. The Kier molecular flexibility index (Phi) is 4.22. The Morgan fingerprint density at radius 1 is 1.54 bits per heavy atom. The largest absolute Gasteiger partial charge is 0.480 e. The molecule has 1 rings (SSSR count). The van der Waals surface area contributed by atoms with Crippen LogP contribution >= 0.6 is 0 Å². The minimum Gasteiger partial charge on any atom is -0.480 e. The molecule has 1 unspecified atom stereocenters. The number of carboxylic acid groups (broad SMARTS) is 1. The number of nitrogens with zero attached hydrogens (tertiary/aromatic N) is 1. The highest BCUT2D eigenvalue weighted by Crippen LogP contribution is 2.20. The molecule has 0 aromatic rings. The molecular formula is C10H19NO2. The zero-order valence-electron chi connectivity index (χ0n) is 8.33. The Morgan fingerprint density at radius 2 is 2.31 bits per heavy atom. The molecule has 0 aromatic heterocycles. The lowest BCUT2D eigenvalue weighted by atomic mass is 9.98. The number of hydrogen-bond acceptors (Lipinski definition) is 2. The van der Waals surface area contributed by atoms with Gasteiger partial charge in [0, 0.05) is 6.04 Å².